The Morgan fingerprint density at radius 1 is 1.25 bits per heavy atom. The molecule has 1 atom stereocenters. The van der Waals surface area contributed by atoms with Gasteiger partial charge in [0.25, 0.3) is 0 Å². The first-order valence-electron chi connectivity index (χ1n) is 7.23. The maximum absolute atomic E-state index is 4.58. The van der Waals surface area contributed by atoms with Gasteiger partial charge in [0.15, 0.2) is 0 Å². The number of aromatic nitrogens is 2. The predicted octanol–water partition coefficient (Wildman–Crippen LogP) is 2.90. The summed E-state index contributed by atoms with van der Waals surface area (Å²) in [6.45, 7) is 4.99. The summed E-state index contributed by atoms with van der Waals surface area (Å²) in [6.07, 6.45) is 3.01. The normalized spacial score (nSPS) is 18.2. The van der Waals surface area contributed by atoms with Gasteiger partial charge in [-0.3, -0.25) is 0 Å². The van der Waals surface area contributed by atoms with E-state index in [1.807, 2.05) is 12.3 Å². The van der Waals surface area contributed by atoms with Crippen LogP contribution in [0, 0.1) is 0 Å². The van der Waals surface area contributed by atoms with Crippen molar-refractivity contribution in [2.45, 2.75) is 19.3 Å². The van der Waals surface area contributed by atoms with Gasteiger partial charge >= 0.3 is 0 Å². The van der Waals surface area contributed by atoms with Crippen molar-refractivity contribution in [3.05, 3.63) is 48.2 Å². The molecule has 2 heterocycles. The molecule has 1 aromatic carbocycles. The zero-order chi connectivity index (χ0) is 13.8. The van der Waals surface area contributed by atoms with Gasteiger partial charge in [-0.05, 0) is 25.0 Å². The number of nitrogens with one attached hydrogen (secondary N) is 1. The van der Waals surface area contributed by atoms with Gasteiger partial charge in [-0.15, -0.1) is 0 Å². The Bertz CT molecular complexity index is 555. The van der Waals surface area contributed by atoms with Crippen molar-refractivity contribution in [2.75, 3.05) is 29.9 Å². The number of nitrogens with zero attached hydrogens (tertiary/aromatic N) is 3. The Kier molecular flexibility index (Phi) is 3.81. The van der Waals surface area contributed by atoms with Crippen LogP contribution in [0.15, 0.2) is 42.6 Å². The molecule has 0 saturated carbocycles. The van der Waals surface area contributed by atoms with E-state index in [1.54, 1.807) is 0 Å². The second kappa shape index (κ2) is 5.90. The smallest absolute Gasteiger partial charge is 0.224 e. The Hall–Kier alpha value is -2.10. The average molecular weight is 268 g/mol. The fourth-order valence-corrected chi connectivity index (χ4v) is 2.73. The Morgan fingerprint density at radius 2 is 2.10 bits per heavy atom. The van der Waals surface area contributed by atoms with Crippen molar-refractivity contribution in [1.29, 1.82) is 0 Å². The molecule has 1 N–H and O–H groups in total. The van der Waals surface area contributed by atoms with E-state index >= 15 is 0 Å². The van der Waals surface area contributed by atoms with E-state index in [-0.39, 0.29) is 0 Å². The summed E-state index contributed by atoms with van der Waals surface area (Å²) in [6, 6.07) is 12.7. The summed E-state index contributed by atoms with van der Waals surface area (Å²) in [5.74, 6) is 2.34. The van der Waals surface area contributed by atoms with Crippen LogP contribution < -0.4 is 10.2 Å². The molecule has 4 nitrogen and oxygen atoms in total. The van der Waals surface area contributed by atoms with Crippen LogP contribution in [0.2, 0.25) is 0 Å². The van der Waals surface area contributed by atoms with Gasteiger partial charge in [-0.1, -0.05) is 30.3 Å². The third-order valence-electron chi connectivity index (χ3n) is 3.76. The number of benzene rings is 1. The van der Waals surface area contributed by atoms with Gasteiger partial charge in [0.1, 0.15) is 5.82 Å². The quantitative estimate of drug-likeness (QED) is 0.925. The van der Waals surface area contributed by atoms with E-state index in [9.17, 15) is 0 Å². The van der Waals surface area contributed by atoms with E-state index < -0.39 is 0 Å². The van der Waals surface area contributed by atoms with E-state index in [0.717, 1.165) is 25.5 Å². The summed E-state index contributed by atoms with van der Waals surface area (Å²) in [4.78, 5) is 11.2. The minimum Gasteiger partial charge on any atom is -0.356 e. The molecule has 1 aromatic heterocycles. The topological polar surface area (TPSA) is 41.1 Å². The van der Waals surface area contributed by atoms with Crippen molar-refractivity contribution in [1.82, 2.24) is 9.97 Å². The highest BCUT2D eigenvalue weighted by Gasteiger charge is 2.24. The lowest BCUT2D eigenvalue weighted by Gasteiger charge is -2.18. The number of hydrogen-bond acceptors (Lipinski definition) is 4. The first-order chi connectivity index (χ1) is 9.86. The third kappa shape index (κ3) is 2.74. The van der Waals surface area contributed by atoms with E-state index in [4.69, 9.17) is 0 Å². The highest BCUT2D eigenvalue weighted by Crippen LogP contribution is 2.29. The Morgan fingerprint density at radius 3 is 2.90 bits per heavy atom. The van der Waals surface area contributed by atoms with Crippen LogP contribution in [0.3, 0.4) is 0 Å². The van der Waals surface area contributed by atoms with E-state index in [1.165, 1.54) is 12.0 Å². The van der Waals surface area contributed by atoms with Crippen LogP contribution in [-0.2, 0) is 0 Å². The van der Waals surface area contributed by atoms with Gasteiger partial charge in [0, 0.05) is 31.7 Å². The molecule has 20 heavy (non-hydrogen) atoms. The van der Waals surface area contributed by atoms with Gasteiger partial charge in [-0.2, -0.15) is 4.98 Å². The standard InChI is InChI=1S/C16H20N4/c1-2-17-16-18-10-8-15(19-16)20-11-9-14(12-20)13-6-4-3-5-7-13/h3-8,10,14H,2,9,11-12H2,1H3,(H,17,18,19). The second-order valence-corrected chi connectivity index (χ2v) is 5.11. The molecule has 4 heteroatoms. The maximum atomic E-state index is 4.58. The highest BCUT2D eigenvalue weighted by molar-refractivity contribution is 5.44. The predicted molar refractivity (Wildman–Crippen MR) is 82.2 cm³/mol. The molecular weight excluding hydrogens is 248 g/mol. The largest absolute Gasteiger partial charge is 0.356 e. The fourth-order valence-electron chi connectivity index (χ4n) is 2.73. The molecule has 2 aromatic rings. The maximum Gasteiger partial charge on any atom is 0.224 e. The van der Waals surface area contributed by atoms with Crippen molar-refractivity contribution in [2.24, 2.45) is 0 Å². The lowest BCUT2D eigenvalue weighted by Crippen LogP contribution is -2.21. The molecule has 0 radical (unpaired) electrons. The molecule has 0 bridgehead atoms. The molecule has 1 fully saturated rings. The van der Waals surface area contributed by atoms with Crippen LogP contribution in [0.1, 0.15) is 24.8 Å². The molecule has 1 aliphatic rings. The SMILES string of the molecule is CCNc1nccc(N2CCC(c3ccccc3)C2)n1. The number of anilines is 2. The van der Waals surface area contributed by atoms with Crippen molar-refractivity contribution in [3.8, 4) is 0 Å². The molecule has 1 saturated heterocycles. The first-order valence-corrected chi connectivity index (χ1v) is 7.23. The highest BCUT2D eigenvalue weighted by atomic mass is 15.2. The third-order valence-corrected chi connectivity index (χ3v) is 3.76. The minimum atomic E-state index is 0.605. The zero-order valence-corrected chi connectivity index (χ0v) is 11.8. The lowest BCUT2D eigenvalue weighted by molar-refractivity contribution is 0.774. The Labute approximate surface area is 119 Å². The lowest BCUT2D eigenvalue weighted by atomic mass is 9.99. The van der Waals surface area contributed by atoms with Crippen molar-refractivity contribution >= 4 is 11.8 Å². The molecule has 1 aliphatic heterocycles. The molecular formula is C16H20N4. The summed E-state index contributed by atoms with van der Waals surface area (Å²) < 4.78 is 0. The number of rotatable bonds is 4. The molecule has 0 aliphatic carbocycles. The van der Waals surface area contributed by atoms with E-state index in [2.05, 4.69) is 57.4 Å². The van der Waals surface area contributed by atoms with Crippen LogP contribution in [0.25, 0.3) is 0 Å². The van der Waals surface area contributed by atoms with Gasteiger partial charge < -0.3 is 10.2 Å². The minimum absolute atomic E-state index is 0.605. The zero-order valence-electron chi connectivity index (χ0n) is 11.8. The summed E-state index contributed by atoms with van der Waals surface area (Å²) >= 11 is 0. The fraction of sp³-hybridized carbons (Fsp3) is 0.375. The van der Waals surface area contributed by atoms with E-state index in [0.29, 0.717) is 11.9 Å². The molecule has 0 amide bonds. The van der Waals surface area contributed by atoms with Gasteiger partial charge in [-0.25, -0.2) is 4.98 Å². The molecule has 0 spiro atoms. The molecule has 1 unspecified atom stereocenters. The van der Waals surface area contributed by atoms with Gasteiger partial charge in [0.05, 0.1) is 0 Å². The van der Waals surface area contributed by atoms with Crippen LogP contribution in [0.4, 0.5) is 11.8 Å². The second-order valence-electron chi connectivity index (χ2n) is 5.11. The average Bonchev–Trinajstić information content (AvgIpc) is 2.99. The van der Waals surface area contributed by atoms with Crippen molar-refractivity contribution < 1.29 is 0 Å². The molecule has 104 valence electrons. The summed E-state index contributed by atoms with van der Waals surface area (Å²) in [7, 11) is 0. The number of hydrogen-bond donors (Lipinski definition) is 1. The Balaban J connectivity index is 1.72. The first kappa shape index (κ1) is 12.9. The molecule has 3 rings (SSSR count). The van der Waals surface area contributed by atoms with Crippen molar-refractivity contribution in [3.63, 3.8) is 0 Å². The van der Waals surface area contributed by atoms with Crippen LogP contribution in [0.5, 0.6) is 0 Å². The monoisotopic (exact) mass is 268 g/mol. The summed E-state index contributed by atoms with van der Waals surface area (Å²) in [5.41, 5.74) is 1.43. The van der Waals surface area contributed by atoms with Crippen LogP contribution >= 0.6 is 0 Å². The van der Waals surface area contributed by atoms with Gasteiger partial charge in [0.2, 0.25) is 5.95 Å². The van der Waals surface area contributed by atoms with Crippen LogP contribution in [-0.4, -0.2) is 29.6 Å². The summed E-state index contributed by atoms with van der Waals surface area (Å²) in [5, 5.41) is 3.17.